The maximum atomic E-state index is 12.0. The van der Waals surface area contributed by atoms with Crippen molar-refractivity contribution in [1.29, 1.82) is 0 Å². The van der Waals surface area contributed by atoms with Crippen molar-refractivity contribution in [3.8, 4) is 0 Å². The average molecular weight is 380 g/mol. The number of H-pyrrole nitrogens is 1. The average Bonchev–Trinajstić information content (AvgIpc) is 3.04. The van der Waals surface area contributed by atoms with E-state index in [9.17, 15) is 10.0 Å². The lowest BCUT2D eigenvalue weighted by Gasteiger charge is -2.07. The number of aromatic amines is 1. The van der Waals surface area contributed by atoms with Crippen LogP contribution in [-0.4, -0.2) is 46.3 Å². The molecule has 2 amide bonds. The summed E-state index contributed by atoms with van der Waals surface area (Å²) >= 11 is 1.88. The van der Waals surface area contributed by atoms with Crippen LogP contribution >= 0.6 is 11.8 Å². The predicted octanol–water partition coefficient (Wildman–Crippen LogP) is 4.21. The highest BCUT2D eigenvalue weighted by atomic mass is 32.2. The van der Waals surface area contributed by atoms with Gasteiger partial charge in [0.05, 0.1) is 11.0 Å². The van der Waals surface area contributed by atoms with E-state index in [4.69, 9.17) is 0 Å². The number of nitrogens with one attached hydrogen (secondary N) is 3. The number of carbonyl (C=O) groups excluding carboxylic acids is 1. The SMILES string of the molecule is CCCCCCCSCCNC(=O)Nc1ccc2nc(N(C)O)[nH]c2c1. The van der Waals surface area contributed by atoms with Crippen LogP contribution in [0.2, 0.25) is 0 Å². The summed E-state index contributed by atoms with van der Waals surface area (Å²) in [5, 5.41) is 16.0. The third kappa shape index (κ3) is 6.76. The molecule has 2 rings (SSSR count). The number of urea groups is 1. The first-order chi connectivity index (χ1) is 12.6. The molecule has 8 heteroatoms. The van der Waals surface area contributed by atoms with E-state index in [1.807, 2.05) is 11.8 Å². The number of hydrogen-bond donors (Lipinski definition) is 4. The summed E-state index contributed by atoms with van der Waals surface area (Å²) in [6.07, 6.45) is 6.49. The Balaban J connectivity index is 1.65. The summed E-state index contributed by atoms with van der Waals surface area (Å²) in [5.74, 6) is 2.44. The molecule has 0 saturated heterocycles. The number of hydroxylamine groups is 1. The molecule has 0 radical (unpaired) electrons. The van der Waals surface area contributed by atoms with Crippen LogP contribution in [0.4, 0.5) is 16.4 Å². The van der Waals surface area contributed by atoms with E-state index in [1.54, 1.807) is 18.2 Å². The number of rotatable bonds is 11. The van der Waals surface area contributed by atoms with E-state index >= 15 is 0 Å². The fourth-order valence-electron chi connectivity index (χ4n) is 2.55. The highest BCUT2D eigenvalue weighted by Gasteiger charge is 2.07. The number of imidazole rings is 1. The van der Waals surface area contributed by atoms with E-state index in [-0.39, 0.29) is 6.03 Å². The number of amides is 2. The Labute approximate surface area is 158 Å². The Bertz CT molecular complexity index is 689. The quantitative estimate of drug-likeness (QED) is 0.347. The molecule has 0 aliphatic carbocycles. The molecule has 1 aromatic carbocycles. The third-order valence-corrected chi connectivity index (χ3v) is 5.03. The van der Waals surface area contributed by atoms with Gasteiger partial charge in [-0.15, -0.1) is 0 Å². The van der Waals surface area contributed by atoms with Gasteiger partial charge in [-0.3, -0.25) is 5.21 Å². The second-order valence-electron chi connectivity index (χ2n) is 6.22. The molecule has 0 spiro atoms. The number of fused-ring (bicyclic) bond motifs is 1. The molecule has 0 unspecified atom stereocenters. The summed E-state index contributed by atoms with van der Waals surface area (Å²) in [6, 6.07) is 5.16. The number of thioether (sulfide) groups is 1. The highest BCUT2D eigenvalue weighted by molar-refractivity contribution is 7.99. The molecule has 4 N–H and O–H groups in total. The van der Waals surface area contributed by atoms with Gasteiger partial charge < -0.3 is 15.6 Å². The van der Waals surface area contributed by atoms with Crippen molar-refractivity contribution >= 4 is 40.5 Å². The smallest absolute Gasteiger partial charge is 0.319 e. The lowest BCUT2D eigenvalue weighted by atomic mass is 10.2. The lowest BCUT2D eigenvalue weighted by molar-refractivity contribution is 0.252. The van der Waals surface area contributed by atoms with Gasteiger partial charge in [0.25, 0.3) is 0 Å². The van der Waals surface area contributed by atoms with Crippen molar-refractivity contribution in [1.82, 2.24) is 15.3 Å². The van der Waals surface area contributed by atoms with E-state index in [0.29, 0.717) is 18.2 Å². The van der Waals surface area contributed by atoms with Crippen LogP contribution in [0, 0.1) is 0 Å². The van der Waals surface area contributed by atoms with Gasteiger partial charge in [0.1, 0.15) is 0 Å². The van der Waals surface area contributed by atoms with Crippen LogP contribution in [0.5, 0.6) is 0 Å². The Hall–Kier alpha value is -1.93. The molecule has 0 aliphatic rings. The molecule has 26 heavy (non-hydrogen) atoms. The van der Waals surface area contributed by atoms with Crippen LogP contribution in [0.15, 0.2) is 18.2 Å². The first kappa shape index (κ1) is 20.4. The molecule has 7 nitrogen and oxygen atoms in total. The maximum Gasteiger partial charge on any atom is 0.319 e. The normalized spacial score (nSPS) is 10.9. The zero-order chi connectivity index (χ0) is 18.8. The van der Waals surface area contributed by atoms with Crippen LogP contribution in [0.25, 0.3) is 11.0 Å². The van der Waals surface area contributed by atoms with Crippen LogP contribution < -0.4 is 15.7 Å². The van der Waals surface area contributed by atoms with Gasteiger partial charge in [-0.1, -0.05) is 32.6 Å². The zero-order valence-corrected chi connectivity index (χ0v) is 16.4. The minimum Gasteiger partial charge on any atom is -0.337 e. The van der Waals surface area contributed by atoms with E-state index in [0.717, 1.165) is 27.6 Å². The number of benzene rings is 1. The van der Waals surface area contributed by atoms with Crippen molar-refractivity contribution in [2.24, 2.45) is 0 Å². The Kier molecular flexibility index (Phi) is 8.57. The van der Waals surface area contributed by atoms with Crippen LogP contribution in [0.1, 0.15) is 39.0 Å². The molecular formula is C18H29N5O2S. The van der Waals surface area contributed by atoms with Gasteiger partial charge >= 0.3 is 6.03 Å². The van der Waals surface area contributed by atoms with E-state index in [1.165, 1.54) is 39.2 Å². The van der Waals surface area contributed by atoms with Crippen molar-refractivity contribution in [3.63, 3.8) is 0 Å². The fourth-order valence-corrected chi connectivity index (χ4v) is 3.41. The predicted molar refractivity (Wildman–Crippen MR) is 109 cm³/mol. The van der Waals surface area contributed by atoms with Crippen molar-refractivity contribution in [2.75, 3.05) is 35.5 Å². The second-order valence-corrected chi connectivity index (χ2v) is 7.45. The number of carbonyl (C=O) groups is 1. The lowest BCUT2D eigenvalue weighted by Crippen LogP contribution is -2.30. The van der Waals surface area contributed by atoms with E-state index in [2.05, 4.69) is 27.5 Å². The molecule has 0 aliphatic heterocycles. The summed E-state index contributed by atoms with van der Waals surface area (Å²) in [7, 11) is 1.49. The summed E-state index contributed by atoms with van der Waals surface area (Å²) in [5.41, 5.74) is 2.15. The van der Waals surface area contributed by atoms with Crippen LogP contribution in [0.3, 0.4) is 0 Å². The minimum atomic E-state index is -0.216. The number of anilines is 2. The molecule has 0 atom stereocenters. The number of aromatic nitrogens is 2. The third-order valence-electron chi connectivity index (χ3n) is 3.96. The summed E-state index contributed by atoms with van der Waals surface area (Å²) in [4.78, 5) is 19.2. The maximum absolute atomic E-state index is 12.0. The number of unbranched alkanes of at least 4 members (excludes halogenated alkanes) is 4. The number of hydrogen-bond acceptors (Lipinski definition) is 5. The zero-order valence-electron chi connectivity index (χ0n) is 15.5. The standard InChI is InChI=1S/C18H29N5O2S/c1-3-4-5-6-7-11-26-12-10-19-18(24)20-14-8-9-15-16(13-14)22-17(21-15)23(2)25/h8-9,13,25H,3-7,10-12H2,1-2H3,(H,21,22)(H2,19,20,24). The van der Waals surface area contributed by atoms with Crippen molar-refractivity contribution in [3.05, 3.63) is 18.2 Å². The molecule has 1 heterocycles. The van der Waals surface area contributed by atoms with Gasteiger partial charge in [0.2, 0.25) is 5.95 Å². The van der Waals surface area contributed by atoms with Gasteiger partial charge in [-0.25, -0.2) is 14.8 Å². The van der Waals surface area contributed by atoms with Gasteiger partial charge in [0.15, 0.2) is 0 Å². The molecule has 0 bridgehead atoms. The molecule has 144 valence electrons. The fraction of sp³-hybridized carbons (Fsp3) is 0.556. The van der Waals surface area contributed by atoms with Gasteiger partial charge in [0, 0.05) is 25.0 Å². The summed E-state index contributed by atoms with van der Waals surface area (Å²) in [6.45, 7) is 2.88. The monoisotopic (exact) mass is 379 g/mol. The largest absolute Gasteiger partial charge is 0.337 e. The Morgan fingerprint density at radius 1 is 1.27 bits per heavy atom. The Morgan fingerprint density at radius 3 is 2.85 bits per heavy atom. The molecule has 0 saturated carbocycles. The minimum absolute atomic E-state index is 0.216. The van der Waals surface area contributed by atoms with E-state index < -0.39 is 0 Å². The molecule has 2 aromatic rings. The molecule has 0 fully saturated rings. The van der Waals surface area contributed by atoms with Gasteiger partial charge in [-0.2, -0.15) is 11.8 Å². The topological polar surface area (TPSA) is 93.3 Å². The first-order valence-electron chi connectivity index (χ1n) is 9.15. The number of nitrogens with zero attached hydrogens (tertiary/aromatic N) is 2. The summed E-state index contributed by atoms with van der Waals surface area (Å²) < 4.78 is 0. The second kappa shape index (κ2) is 10.9. The first-order valence-corrected chi connectivity index (χ1v) is 10.3. The highest BCUT2D eigenvalue weighted by Crippen LogP contribution is 2.20. The van der Waals surface area contributed by atoms with Crippen molar-refractivity contribution < 1.29 is 10.0 Å². The van der Waals surface area contributed by atoms with Gasteiger partial charge in [-0.05, 0) is 30.4 Å². The van der Waals surface area contributed by atoms with Crippen molar-refractivity contribution in [2.45, 2.75) is 39.0 Å². The Morgan fingerprint density at radius 2 is 2.08 bits per heavy atom. The van der Waals surface area contributed by atoms with Crippen LogP contribution in [-0.2, 0) is 0 Å². The molecular weight excluding hydrogens is 350 g/mol. The molecule has 1 aromatic heterocycles.